The monoisotopic (exact) mass is 174 g/mol. The number of nitrogens with one attached hydrogen (secondary N) is 1. The van der Waals surface area contributed by atoms with E-state index in [-0.39, 0.29) is 0 Å². The van der Waals surface area contributed by atoms with Gasteiger partial charge < -0.3 is 5.32 Å². The molecule has 1 heterocycles. The van der Waals surface area contributed by atoms with Crippen molar-refractivity contribution in [2.45, 2.75) is 19.9 Å². The molecule has 0 amide bonds. The van der Waals surface area contributed by atoms with E-state index in [0.29, 0.717) is 6.04 Å². The van der Waals surface area contributed by atoms with Crippen LogP contribution in [0.3, 0.4) is 0 Å². The minimum Gasteiger partial charge on any atom is -0.366 e. The van der Waals surface area contributed by atoms with Crippen molar-refractivity contribution in [2.75, 3.05) is 6.54 Å². The van der Waals surface area contributed by atoms with E-state index >= 15 is 0 Å². The molecule has 1 aromatic carbocycles. The van der Waals surface area contributed by atoms with Gasteiger partial charge in [-0.05, 0) is 19.4 Å². The van der Waals surface area contributed by atoms with E-state index in [4.69, 9.17) is 0 Å². The molecule has 1 aliphatic rings. The van der Waals surface area contributed by atoms with E-state index in [9.17, 15) is 0 Å². The molecule has 68 valence electrons. The van der Waals surface area contributed by atoms with Gasteiger partial charge in [-0.3, -0.25) is 4.99 Å². The summed E-state index contributed by atoms with van der Waals surface area (Å²) >= 11 is 0. The highest BCUT2D eigenvalue weighted by molar-refractivity contribution is 6.01. The van der Waals surface area contributed by atoms with E-state index in [0.717, 1.165) is 12.4 Å². The van der Waals surface area contributed by atoms with Crippen molar-refractivity contribution < 1.29 is 0 Å². The number of rotatable bonds is 1. The van der Waals surface area contributed by atoms with Crippen LogP contribution in [0.25, 0.3) is 0 Å². The Morgan fingerprint density at radius 2 is 2.15 bits per heavy atom. The summed E-state index contributed by atoms with van der Waals surface area (Å²) in [6, 6.07) is 8.81. The molecule has 0 fully saturated rings. The van der Waals surface area contributed by atoms with Gasteiger partial charge in [0.2, 0.25) is 0 Å². The van der Waals surface area contributed by atoms with Crippen molar-refractivity contribution in [3.63, 3.8) is 0 Å². The first-order valence-electron chi connectivity index (χ1n) is 4.64. The number of nitrogens with zero attached hydrogens (tertiary/aromatic N) is 1. The Morgan fingerprint density at radius 3 is 2.77 bits per heavy atom. The number of aryl methyl sites for hydroxylation is 1. The Labute approximate surface area is 78.7 Å². The van der Waals surface area contributed by atoms with Gasteiger partial charge in [-0.15, -0.1) is 0 Å². The van der Waals surface area contributed by atoms with Gasteiger partial charge in [-0.25, -0.2) is 0 Å². The van der Waals surface area contributed by atoms with Gasteiger partial charge in [-0.2, -0.15) is 0 Å². The van der Waals surface area contributed by atoms with Gasteiger partial charge >= 0.3 is 0 Å². The normalized spacial score (nSPS) is 21.1. The van der Waals surface area contributed by atoms with Crippen molar-refractivity contribution in [3.05, 3.63) is 35.4 Å². The maximum atomic E-state index is 4.45. The number of hydrogen-bond acceptors (Lipinski definition) is 2. The molecule has 1 aromatic rings. The molecule has 2 rings (SSSR count). The number of aliphatic imine (C=N–C) groups is 1. The van der Waals surface area contributed by atoms with E-state index in [2.05, 4.69) is 48.4 Å². The summed E-state index contributed by atoms with van der Waals surface area (Å²) in [7, 11) is 0. The fourth-order valence-electron chi connectivity index (χ4n) is 1.55. The minimum absolute atomic E-state index is 0.481. The zero-order valence-corrected chi connectivity index (χ0v) is 8.04. The predicted molar refractivity (Wildman–Crippen MR) is 55.2 cm³/mol. The second-order valence-corrected chi connectivity index (χ2v) is 3.55. The van der Waals surface area contributed by atoms with Crippen molar-refractivity contribution in [3.8, 4) is 0 Å². The van der Waals surface area contributed by atoms with Crippen LogP contribution in [-0.2, 0) is 0 Å². The van der Waals surface area contributed by atoms with E-state index < -0.39 is 0 Å². The van der Waals surface area contributed by atoms with Crippen molar-refractivity contribution in [1.82, 2.24) is 5.32 Å². The first kappa shape index (κ1) is 8.30. The van der Waals surface area contributed by atoms with Gasteiger partial charge in [0.15, 0.2) is 0 Å². The Morgan fingerprint density at radius 1 is 1.38 bits per heavy atom. The van der Waals surface area contributed by atoms with Crippen LogP contribution in [0, 0.1) is 6.92 Å². The number of amidine groups is 1. The molecule has 1 N–H and O–H groups in total. The van der Waals surface area contributed by atoms with Gasteiger partial charge in [0.25, 0.3) is 0 Å². The zero-order chi connectivity index (χ0) is 9.26. The van der Waals surface area contributed by atoms with Gasteiger partial charge in [0.1, 0.15) is 5.84 Å². The highest BCUT2D eigenvalue weighted by Gasteiger charge is 2.14. The van der Waals surface area contributed by atoms with E-state index in [1.807, 2.05) is 0 Å². The summed E-state index contributed by atoms with van der Waals surface area (Å²) in [4.78, 5) is 4.45. The first-order valence-corrected chi connectivity index (χ1v) is 4.64. The van der Waals surface area contributed by atoms with Crippen LogP contribution in [0.2, 0.25) is 0 Å². The Hall–Kier alpha value is -1.31. The summed E-state index contributed by atoms with van der Waals surface area (Å²) in [5.41, 5.74) is 2.51. The maximum absolute atomic E-state index is 4.45. The second-order valence-electron chi connectivity index (χ2n) is 3.55. The summed E-state index contributed by atoms with van der Waals surface area (Å²) < 4.78 is 0. The highest BCUT2D eigenvalue weighted by Crippen LogP contribution is 2.10. The molecule has 1 unspecified atom stereocenters. The highest BCUT2D eigenvalue weighted by atomic mass is 15.1. The van der Waals surface area contributed by atoms with E-state index in [1.165, 1.54) is 11.1 Å². The van der Waals surface area contributed by atoms with Crippen LogP contribution in [0.1, 0.15) is 18.1 Å². The topological polar surface area (TPSA) is 24.4 Å². The predicted octanol–water partition coefficient (Wildman–Crippen LogP) is 1.73. The van der Waals surface area contributed by atoms with Crippen LogP contribution in [-0.4, -0.2) is 18.4 Å². The summed E-state index contributed by atoms with van der Waals surface area (Å²) in [5, 5.41) is 3.36. The summed E-state index contributed by atoms with van der Waals surface area (Å²) in [6.45, 7) is 5.15. The molecule has 0 spiro atoms. The lowest BCUT2D eigenvalue weighted by Crippen LogP contribution is -2.28. The molecule has 2 heteroatoms. The maximum Gasteiger partial charge on any atom is 0.128 e. The molecular formula is C11H14N2. The third kappa shape index (κ3) is 1.57. The number of hydrogen-bond donors (Lipinski definition) is 1. The molecule has 0 aliphatic carbocycles. The molecule has 0 radical (unpaired) electrons. The smallest absolute Gasteiger partial charge is 0.128 e. The van der Waals surface area contributed by atoms with Crippen LogP contribution in [0.5, 0.6) is 0 Å². The van der Waals surface area contributed by atoms with Crippen LogP contribution < -0.4 is 5.32 Å². The minimum atomic E-state index is 0.481. The van der Waals surface area contributed by atoms with Crippen molar-refractivity contribution in [1.29, 1.82) is 0 Å². The molecular weight excluding hydrogens is 160 g/mol. The second kappa shape index (κ2) is 3.21. The standard InChI is InChI=1S/C11H14N2/c1-8-5-3-4-6-10(8)11-12-7-9(2)13-11/h3-6,9H,7H2,1-2H3,(H,12,13). The SMILES string of the molecule is Cc1ccccc1C1=NCC(C)N1. The fourth-order valence-corrected chi connectivity index (χ4v) is 1.55. The van der Waals surface area contributed by atoms with Crippen LogP contribution in [0.4, 0.5) is 0 Å². The van der Waals surface area contributed by atoms with Gasteiger partial charge in [-0.1, -0.05) is 24.3 Å². The Kier molecular flexibility index (Phi) is 2.05. The zero-order valence-electron chi connectivity index (χ0n) is 8.04. The molecule has 2 nitrogen and oxygen atoms in total. The molecule has 1 atom stereocenters. The van der Waals surface area contributed by atoms with E-state index in [1.54, 1.807) is 0 Å². The molecule has 0 bridgehead atoms. The molecule has 13 heavy (non-hydrogen) atoms. The molecule has 0 saturated carbocycles. The van der Waals surface area contributed by atoms with Gasteiger partial charge in [0.05, 0.1) is 6.54 Å². The third-order valence-corrected chi connectivity index (χ3v) is 2.31. The molecule has 0 saturated heterocycles. The average molecular weight is 174 g/mol. The first-order chi connectivity index (χ1) is 6.27. The quantitative estimate of drug-likeness (QED) is 0.689. The van der Waals surface area contributed by atoms with Gasteiger partial charge in [0, 0.05) is 11.6 Å². The largest absolute Gasteiger partial charge is 0.366 e. The molecule has 1 aliphatic heterocycles. The third-order valence-electron chi connectivity index (χ3n) is 2.31. The van der Waals surface area contributed by atoms with Crippen LogP contribution >= 0.6 is 0 Å². The lowest BCUT2D eigenvalue weighted by molar-refractivity contribution is 0.726. The average Bonchev–Trinajstić information content (AvgIpc) is 2.53. The Bertz CT molecular complexity index is 342. The van der Waals surface area contributed by atoms with Crippen molar-refractivity contribution >= 4 is 5.84 Å². The number of benzene rings is 1. The Balaban J connectivity index is 2.31. The van der Waals surface area contributed by atoms with Crippen LogP contribution in [0.15, 0.2) is 29.3 Å². The lowest BCUT2D eigenvalue weighted by atomic mass is 10.1. The lowest BCUT2D eigenvalue weighted by Gasteiger charge is -2.07. The summed E-state index contributed by atoms with van der Waals surface area (Å²) in [5.74, 6) is 1.05. The fraction of sp³-hybridized carbons (Fsp3) is 0.364. The molecule has 0 aromatic heterocycles. The van der Waals surface area contributed by atoms with Crippen molar-refractivity contribution in [2.24, 2.45) is 4.99 Å². The summed E-state index contributed by atoms with van der Waals surface area (Å²) in [6.07, 6.45) is 0.